The quantitative estimate of drug-likeness (QED) is 0.165. The molecule has 2 heteroatoms. The first kappa shape index (κ1) is 39.8. The molecule has 9 rings (SSSR count). The van der Waals surface area contributed by atoms with Crippen molar-refractivity contribution in [3.63, 3.8) is 0 Å². The van der Waals surface area contributed by atoms with Gasteiger partial charge in [0.2, 0.25) is 0 Å². The number of hydrogen-bond donors (Lipinski definition) is 1. The fourth-order valence-corrected chi connectivity index (χ4v) is 9.21. The maximum absolute atomic E-state index is 3.74. The third kappa shape index (κ3) is 7.46. The van der Waals surface area contributed by atoms with E-state index in [1.54, 1.807) is 0 Å². The van der Waals surface area contributed by atoms with Gasteiger partial charge >= 0.3 is 0 Å². The molecule has 0 amide bonds. The van der Waals surface area contributed by atoms with E-state index in [1.807, 2.05) is 0 Å². The zero-order valence-corrected chi connectivity index (χ0v) is 36.8. The lowest BCUT2D eigenvalue weighted by Gasteiger charge is -2.31. The molecular weight excluding hydrogens is 737 g/mol. The van der Waals surface area contributed by atoms with Gasteiger partial charge in [-0.2, -0.15) is 0 Å². The summed E-state index contributed by atoms with van der Waals surface area (Å²) in [6.45, 7) is 19.0. The molecule has 1 aliphatic carbocycles. The molecule has 1 aliphatic rings. The molecule has 0 aliphatic heterocycles. The van der Waals surface area contributed by atoms with Crippen LogP contribution in [-0.2, 0) is 16.2 Å². The van der Waals surface area contributed by atoms with Gasteiger partial charge in [-0.05, 0) is 115 Å². The van der Waals surface area contributed by atoms with E-state index in [9.17, 15) is 0 Å². The highest BCUT2D eigenvalue weighted by molar-refractivity contribution is 5.99. The van der Waals surface area contributed by atoms with Crippen LogP contribution in [0.3, 0.4) is 0 Å². The Morgan fingerprint density at radius 2 is 0.967 bits per heavy atom. The molecule has 0 unspecified atom stereocenters. The number of fused-ring (bicyclic) bond motifs is 3. The van der Waals surface area contributed by atoms with Crippen molar-refractivity contribution in [2.75, 3.05) is 10.2 Å². The van der Waals surface area contributed by atoms with Crippen molar-refractivity contribution < 1.29 is 0 Å². The number of hydrogen-bond acceptors (Lipinski definition) is 2. The molecule has 1 N–H and O–H groups in total. The third-order valence-electron chi connectivity index (χ3n) is 12.6. The Morgan fingerprint density at radius 1 is 0.426 bits per heavy atom. The number of benzene rings is 8. The second-order valence-corrected chi connectivity index (χ2v) is 19.1. The lowest BCUT2D eigenvalue weighted by molar-refractivity contribution is 0.564. The van der Waals surface area contributed by atoms with Crippen LogP contribution in [0.4, 0.5) is 28.4 Å². The molecule has 0 fully saturated rings. The molecule has 0 saturated carbocycles. The summed E-state index contributed by atoms with van der Waals surface area (Å²) in [6, 6.07) is 68.6. The predicted molar refractivity (Wildman–Crippen MR) is 262 cm³/mol. The summed E-state index contributed by atoms with van der Waals surface area (Å²) in [6.07, 6.45) is 0. The summed E-state index contributed by atoms with van der Waals surface area (Å²) in [7, 11) is 0. The fraction of sp³-hybridized carbons (Fsp3) is 0.186. The Bertz CT molecular complexity index is 2840. The average molecular weight is 793 g/mol. The standard InChI is InChI=1S/C59H56N2/c1-57(2,3)43-38-51(58(4,5)6)56-52(39-43)59(7,8)50-27-19-26-49(55(50)56)48-25-16-18-29-54(48)61(45-34-30-41(31-35-45)40-20-11-9-12-21-40)46-36-32-44(33-37-46)60-53-28-17-15-24-47(53)42-22-13-10-14-23-42/h9-39,60H,1-8H3. The summed E-state index contributed by atoms with van der Waals surface area (Å²) in [5, 5.41) is 3.74. The van der Waals surface area contributed by atoms with E-state index in [1.165, 1.54) is 66.8 Å². The summed E-state index contributed by atoms with van der Waals surface area (Å²) < 4.78 is 0. The molecule has 0 spiro atoms. The maximum Gasteiger partial charge on any atom is 0.0540 e. The van der Waals surface area contributed by atoms with E-state index in [4.69, 9.17) is 0 Å². The molecule has 2 nitrogen and oxygen atoms in total. The van der Waals surface area contributed by atoms with E-state index in [0.717, 1.165) is 28.4 Å². The predicted octanol–water partition coefficient (Wildman–Crippen LogP) is 16.8. The van der Waals surface area contributed by atoms with Crippen LogP contribution in [0.15, 0.2) is 188 Å². The van der Waals surface area contributed by atoms with Crippen molar-refractivity contribution in [2.24, 2.45) is 0 Å². The largest absolute Gasteiger partial charge is 0.355 e. The third-order valence-corrected chi connectivity index (χ3v) is 12.6. The molecule has 0 radical (unpaired) electrons. The van der Waals surface area contributed by atoms with Crippen LogP contribution in [0.5, 0.6) is 0 Å². The second kappa shape index (κ2) is 15.4. The molecule has 8 aromatic carbocycles. The second-order valence-electron chi connectivity index (χ2n) is 19.1. The zero-order valence-electron chi connectivity index (χ0n) is 36.8. The first-order valence-corrected chi connectivity index (χ1v) is 21.7. The van der Waals surface area contributed by atoms with Crippen molar-refractivity contribution >= 4 is 28.4 Å². The molecular formula is C59H56N2. The average Bonchev–Trinajstić information content (AvgIpc) is 3.50. The van der Waals surface area contributed by atoms with Gasteiger partial charge in [0, 0.05) is 39.3 Å². The monoisotopic (exact) mass is 792 g/mol. The molecule has 0 heterocycles. The Balaban J connectivity index is 1.20. The van der Waals surface area contributed by atoms with Crippen LogP contribution < -0.4 is 10.2 Å². The minimum absolute atomic E-state index is 0.0300. The van der Waals surface area contributed by atoms with Gasteiger partial charge < -0.3 is 10.2 Å². The minimum Gasteiger partial charge on any atom is -0.355 e. The normalized spacial score (nSPS) is 13.0. The van der Waals surface area contributed by atoms with E-state index in [2.05, 4.69) is 254 Å². The van der Waals surface area contributed by atoms with Crippen molar-refractivity contribution in [1.82, 2.24) is 0 Å². The van der Waals surface area contributed by atoms with Gasteiger partial charge in [-0.15, -0.1) is 0 Å². The van der Waals surface area contributed by atoms with Crippen LogP contribution in [0.1, 0.15) is 77.6 Å². The van der Waals surface area contributed by atoms with Crippen molar-refractivity contribution in [2.45, 2.75) is 71.6 Å². The minimum atomic E-state index is -0.161. The maximum atomic E-state index is 3.74. The first-order valence-electron chi connectivity index (χ1n) is 21.7. The highest BCUT2D eigenvalue weighted by Gasteiger charge is 2.41. The van der Waals surface area contributed by atoms with Gasteiger partial charge in [0.25, 0.3) is 0 Å². The summed E-state index contributed by atoms with van der Waals surface area (Å²) in [4.78, 5) is 2.43. The Hall–Kier alpha value is -6.64. The fourth-order valence-electron chi connectivity index (χ4n) is 9.21. The van der Waals surface area contributed by atoms with Crippen LogP contribution >= 0.6 is 0 Å². The van der Waals surface area contributed by atoms with Crippen LogP contribution in [0.2, 0.25) is 0 Å². The molecule has 0 bridgehead atoms. The van der Waals surface area contributed by atoms with Crippen molar-refractivity contribution in [3.8, 4) is 44.5 Å². The topological polar surface area (TPSA) is 15.3 Å². The highest BCUT2D eigenvalue weighted by atomic mass is 15.1. The number of nitrogens with one attached hydrogen (secondary N) is 1. The number of anilines is 5. The zero-order chi connectivity index (χ0) is 42.5. The molecule has 0 aromatic heterocycles. The molecule has 61 heavy (non-hydrogen) atoms. The van der Waals surface area contributed by atoms with Gasteiger partial charge in [-0.25, -0.2) is 0 Å². The van der Waals surface area contributed by atoms with Crippen LogP contribution in [0.25, 0.3) is 44.5 Å². The van der Waals surface area contributed by atoms with Gasteiger partial charge in [-0.1, -0.05) is 195 Å². The van der Waals surface area contributed by atoms with Crippen LogP contribution in [0, 0.1) is 0 Å². The van der Waals surface area contributed by atoms with Gasteiger partial charge in [-0.3, -0.25) is 0 Å². The van der Waals surface area contributed by atoms with Crippen LogP contribution in [-0.4, -0.2) is 0 Å². The Labute approximate surface area is 363 Å². The van der Waals surface area contributed by atoms with E-state index in [-0.39, 0.29) is 16.2 Å². The number of rotatable bonds is 8. The first-order chi connectivity index (χ1) is 29.3. The van der Waals surface area contributed by atoms with E-state index < -0.39 is 0 Å². The van der Waals surface area contributed by atoms with E-state index in [0.29, 0.717) is 0 Å². The molecule has 302 valence electrons. The Kier molecular flexibility index (Phi) is 10.1. The number of nitrogens with zero attached hydrogens (tertiary/aromatic N) is 1. The van der Waals surface area contributed by atoms with Gasteiger partial charge in [0.05, 0.1) is 5.69 Å². The Morgan fingerprint density at radius 3 is 1.61 bits per heavy atom. The summed E-state index contributed by atoms with van der Waals surface area (Å²) in [5.74, 6) is 0. The van der Waals surface area contributed by atoms with Crippen molar-refractivity contribution in [1.29, 1.82) is 0 Å². The van der Waals surface area contributed by atoms with Gasteiger partial charge in [0.1, 0.15) is 0 Å². The lowest BCUT2D eigenvalue weighted by Crippen LogP contribution is -2.21. The molecule has 0 saturated heterocycles. The summed E-state index contributed by atoms with van der Waals surface area (Å²) in [5.41, 5.74) is 20.8. The lowest BCUT2D eigenvalue weighted by atomic mass is 9.74. The number of para-hydroxylation sites is 2. The van der Waals surface area contributed by atoms with E-state index >= 15 is 0 Å². The molecule has 0 atom stereocenters. The highest BCUT2D eigenvalue weighted by Crippen LogP contribution is 2.57. The molecule has 8 aromatic rings. The summed E-state index contributed by atoms with van der Waals surface area (Å²) >= 11 is 0. The smallest absolute Gasteiger partial charge is 0.0540 e. The SMILES string of the molecule is CC(C)(C)c1cc(C(C)(C)C)c2c(c1)C(C)(C)c1cccc(-c3ccccc3N(c3ccc(Nc4ccccc4-c4ccccc4)cc3)c3ccc(-c4ccccc4)cc3)c1-2. The van der Waals surface area contributed by atoms with Crippen molar-refractivity contribution in [3.05, 3.63) is 210 Å². The van der Waals surface area contributed by atoms with Gasteiger partial charge in [0.15, 0.2) is 0 Å².